The van der Waals surface area contributed by atoms with Crippen LogP contribution in [-0.4, -0.2) is 22.7 Å². The van der Waals surface area contributed by atoms with Gasteiger partial charge in [0.05, 0.1) is 4.90 Å². The molecule has 38 heavy (non-hydrogen) atoms. The number of nitrogens with zero attached hydrogens (tertiary/aromatic N) is 2. The third-order valence-electron chi connectivity index (χ3n) is 6.95. The fourth-order valence-electron chi connectivity index (χ4n) is 4.99. The Labute approximate surface area is 219 Å². The van der Waals surface area contributed by atoms with Crippen LogP contribution in [0.1, 0.15) is 22.8 Å². The molecule has 1 unspecified atom stereocenters. The van der Waals surface area contributed by atoms with E-state index in [1.54, 1.807) is 31.4 Å². The van der Waals surface area contributed by atoms with Crippen molar-refractivity contribution < 1.29 is 17.9 Å². The van der Waals surface area contributed by atoms with Gasteiger partial charge in [0.2, 0.25) is 0 Å². The second-order valence-electron chi connectivity index (χ2n) is 9.50. The zero-order valence-corrected chi connectivity index (χ0v) is 21.6. The van der Waals surface area contributed by atoms with E-state index >= 15 is 0 Å². The molecule has 1 aliphatic rings. The molecular weight excluding hydrogens is 500 g/mol. The number of aryl methyl sites for hydroxylation is 2. The summed E-state index contributed by atoms with van der Waals surface area (Å²) in [7, 11) is -2.43. The summed E-state index contributed by atoms with van der Waals surface area (Å²) in [5, 5.41) is 0.481. The number of Topliss-reactive ketones (excluding diaryl/α,β-unsaturated/α-hetero) is 1. The molecule has 0 saturated heterocycles. The molecule has 3 heterocycles. The van der Waals surface area contributed by atoms with Crippen LogP contribution in [0.25, 0.3) is 22.0 Å². The Kier molecular flexibility index (Phi) is 5.57. The third-order valence-corrected chi connectivity index (χ3v) is 8.64. The Morgan fingerprint density at radius 3 is 2.34 bits per heavy atom. The van der Waals surface area contributed by atoms with Crippen molar-refractivity contribution in [2.24, 2.45) is 7.05 Å². The van der Waals surface area contributed by atoms with E-state index in [2.05, 4.69) is 0 Å². The fourth-order valence-corrected chi connectivity index (χ4v) is 6.33. The molecule has 0 amide bonds. The Morgan fingerprint density at radius 1 is 0.868 bits per heavy atom. The smallest absolute Gasteiger partial charge is 0.275 e. The van der Waals surface area contributed by atoms with Gasteiger partial charge in [-0.3, -0.25) is 9.59 Å². The molecule has 5 aromatic rings. The first kappa shape index (κ1) is 23.9. The number of rotatable bonds is 4. The highest BCUT2D eigenvalue weighted by Gasteiger charge is 2.32. The van der Waals surface area contributed by atoms with Gasteiger partial charge in [-0.2, -0.15) is 0 Å². The van der Waals surface area contributed by atoms with Crippen molar-refractivity contribution in [2.45, 2.75) is 24.3 Å². The maximum atomic E-state index is 13.6. The number of para-hydroxylation sites is 1. The highest BCUT2D eigenvalue weighted by Crippen LogP contribution is 2.42. The van der Waals surface area contributed by atoms with E-state index in [1.165, 1.54) is 22.9 Å². The van der Waals surface area contributed by atoms with Gasteiger partial charge in [-0.15, -0.1) is 0 Å². The third kappa shape index (κ3) is 3.76. The van der Waals surface area contributed by atoms with E-state index in [0.717, 1.165) is 20.7 Å². The normalized spacial score (nSPS) is 15.3. The predicted molar refractivity (Wildman–Crippen MR) is 145 cm³/mol. The number of benzene rings is 3. The lowest BCUT2D eigenvalue weighted by atomic mass is 9.92. The Balaban J connectivity index is 1.55. The van der Waals surface area contributed by atoms with Gasteiger partial charge in [0, 0.05) is 47.9 Å². The van der Waals surface area contributed by atoms with Gasteiger partial charge in [0.1, 0.15) is 11.3 Å². The van der Waals surface area contributed by atoms with E-state index in [4.69, 9.17) is 4.74 Å². The van der Waals surface area contributed by atoms with E-state index in [0.29, 0.717) is 22.3 Å². The number of ketones is 1. The summed E-state index contributed by atoms with van der Waals surface area (Å²) < 4.78 is 35.9. The van der Waals surface area contributed by atoms with Crippen LogP contribution in [0.2, 0.25) is 0 Å². The van der Waals surface area contributed by atoms with Crippen molar-refractivity contribution >= 4 is 26.7 Å². The average Bonchev–Trinajstić information content (AvgIpc) is 3.37. The lowest BCUT2D eigenvalue weighted by molar-refractivity contribution is -0.126. The topological polar surface area (TPSA) is 87.4 Å². The summed E-state index contributed by atoms with van der Waals surface area (Å²) in [5.41, 5.74) is 3.37. The van der Waals surface area contributed by atoms with Crippen molar-refractivity contribution in [1.29, 1.82) is 0 Å². The molecule has 0 bridgehead atoms. The monoisotopic (exact) mass is 524 g/mol. The zero-order chi connectivity index (χ0) is 26.6. The molecule has 0 radical (unpaired) electrons. The molecule has 0 fully saturated rings. The molecule has 190 valence electrons. The van der Waals surface area contributed by atoms with Gasteiger partial charge in [0.15, 0.2) is 11.9 Å². The van der Waals surface area contributed by atoms with Crippen LogP contribution in [0.3, 0.4) is 0 Å². The number of carbonyl (C=O) groups excluding carboxylic acids is 1. The van der Waals surface area contributed by atoms with Gasteiger partial charge in [-0.05, 0) is 30.7 Å². The number of pyridine rings is 1. The van der Waals surface area contributed by atoms with Gasteiger partial charge in [-0.25, -0.2) is 12.4 Å². The maximum absolute atomic E-state index is 13.6. The largest absolute Gasteiger partial charge is 0.477 e. The van der Waals surface area contributed by atoms with E-state index in [1.807, 2.05) is 55.5 Å². The molecule has 0 N–H and O–H groups in total. The van der Waals surface area contributed by atoms with Gasteiger partial charge in [0.25, 0.3) is 15.6 Å². The Bertz CT molecular complexity index is 1890. The van der Waals surface area contributed by atoms with Crippen LogP contribution in [0.4, 0.5) is 0 Å². The molecule has 6 rings (SSSR count). The first-order valence-electron chi connectivity index (χ1n) is 12.2. The minimum absolute atomic E-state index is 0.0400. The molecule has 8 heteroatoms. The first-order valence-corrected chi connectivity index (χ1v) is 13.6. The van der Waals surface area contributed by atoms with E-state index in [9.17, 15) is 18.0 Å². The summed E-state index contributed by atoms with van der Waals surface area (Å²) in [4.78, 5) is 26.3. The number of hydrogen-bond acceptors (Lipinski definition) is 5. The molecule has 2 aromatic heterocycles. The van der Waals surface area contributed by atoms with Crippen LogP contribution in [0, 0.1) is 6.92 Å². The van der Waals surface area contributed by atoms with Crippen molar-refractivity contribution in [3.8, 4) is 16.9 Å². The lowest BCUT2D eigenvalue weighted by Gasteiger charge is -2.27. The summed E-state index contributed by atoms with van der Waals surface area (Å²) in [6, 6.07) is 23.0. The van der Waals surface area contributed by atoms with Crippen molar-refractivity contribution in [2.75, 3.05) is 0 Å². The maximum Gasteiger partial charge on any atom is 0.275 e. The van der Waals surface area contributed by atoms with Crippen LogP contribution < -0.4 is 10.3 Å². The Hall–Kier alpha value is -4.43. The van der Waals surface area contributed by atoms with Gasteiger partial charge >= 0.3 is 0 Å². The standard InChI is InChI=1S/C30H24N2O5S/c1-19-11-13-22(14-12-19)38(35,36)32-16-15-23-25(18-31(2)30(34)27(23)32)24-10-6-9-21-17-26(33)29(37-28(21)24)20-7-4-3-5-8-20/h3-16,18,29H,17H2,1-2H3. The van der Waals surface area contributed by atoms with Crippen molar-refractivity contribution in [3.63, 3.8) is 0 Å². The number of carbonyl (C=O) groups is 1. The van der Waals surface area contributed by atoms with Crippen LogP contribution in [0.5, 0.6) is 5.75 Å². The highest BCUT2D eigenvalue weighted by atomic mass is 32.2. The lowest BCUT2D eigenvalue weighted by Crippen LogP contribution is -2.26. The number of fused-ring (bicyclic) bond motifs is 2. The van der Waals surface area contributed by atoms with Gasteiger partial charge in [-0.1, -0.05) is 66.2 Å². The van der Waals surface area contributed by atoms with Crippen molar-refractivity contribution in [1.82, 2.24) is 8.54 Å². The van der Waals surface area contributed by atoms with E-state index < -0.39 is 21.7 Å². The molecule has 0 spiro atoms. The average molecular weight is 525 g/mol. The minimum Gasteiger partial charge on any atom is -0.477 e. The molecular formula is C30H24N2O5S. The molecule has 3 aromatic carbocycles. The molecule has 1 atom stereocenters. The fraction of sp³-hybridized carbons (Fsp3) is 0.133. The number of hydrogen-bond donors (Lipinski definition) is 0. The molecule has 7 nitrogen and oxygen atoms in total. The second-order valence-corrected chi connectivity index (χ2v) is 11.3. The Morgan fingerprint density at radius 2 is 1.61 bits per heavy atom. The second kappa shape index (κ2) is 8.85. The molecule has 1 aliphatic heterocycles. The van der Waals surface area contributed by atoms with Crippen LogP contribution in [-0.2, 0) is 28.3 Å². The highest BCUT2D eigenvalue weighted by molar-refractivity contribution is 7.90. The number of ether oxygens (including phenoxy) is 1. The number of aromatic nitrogens is 2. The SMILES string of the molecule is Cc1ccc(S(=O)(=O)n2ccc3c(-c4cccc5c4OC(c4ccccc4)C(=O)C5)cn(C)c(=O)c32)cc1. The summed E-state index contributed by atoms with van der Waals surface area (Å²) in [5.74, 6) is 0.511. The summed E-state index contributed by atoms with van der Waals surface area (Å²) in [6.07, 6.45) is 2.55. The van der Waals surface area contributed by atoms with Gasteiger partial charge < -0.3 is 9.30 Å². The quantitative estimate of drug-likeness (QED) is 0.337. The molecule has 0 saturated carbocycles. The predicted octanol–water partition coefficient (Wildman–Crippen LogP) is 4.80. The molecule has 0 aliphatic carbocycles. The minimum atomic E-state index is -4.02. The van der Waals surface area contributed by atoms with Crippen molar-refractivity contribution in [3.05, 3.63) is 118 Å². The van der Waals surface area contributed by atoms with Crippen LogP contribution in [0.15, 0.2) is 101 Å². The first-order chi connectivity index (χ1) is 18.3. The van der Waals surface area contributed by atoms with E-state index in [-0.39, 0.29) is 22.6 Å². The zero-order valence-electron chi connectivity index (χ0n) is 20.8. The summed E-state index contributed by atoms with van der Waals surface area (Å²) >= 11 is 0. The van der Waals surface area contributed by atoms with Crippen LogP contribution >= 0.6 is 0 Å². The summed E-state index contributed by atoms with van der Waals surface area (Å²) in [6.45, 7) is 1.88.